The van der Waals surface area contributed by atoms with Crippen molar-refractivity contribution in [3.05, 3.63) is 84.1 Å². The van der Waals surface area contributed by atoms with Gasteiger partial charge in [-0.05, 0) is 36.2 Å². The van der Waals surface area contributed by atoms with Crippen LogP contribution in [0.1, 0.15) is 42.2 Å². The van der Waals surface area contributed by atoms with Crippen LogP contribution in [0.5, 0.6) is 0 Å². The third-order valence-electron chi connectivity index (χ3n) is 5.41. The van der Waals surface area contributed by atoms with Crippen molar-refractivity contribution >= 4 is 23.4 Å². The maximum absolute atomic E-state index is 13.4. The van der Waals surface area contributed by atoms with E-state index >= 15 is 0 Å². The van der Waals surface area contributed by atoms with E-state index in [0.29, 0.717) is 25.4 Å². The van der Waals surface area contributed by atoms with E-state index in [4.69, 9.17) is 16.0 Å². The van der Waals surface area contributed by atoms with E-state index in [1.165, 1.54) is 0 Å². The van der Waals surface area contributed by atoms with Gasteiger partial charge in [0, 0.05) is 25.5 Å². The van der Waals surface area contributed by atoms with Gasteiger partial charge in [0.2, 0.25) is 11.8 Å². The lowest BCUT2D eigenvalue weighted by atomic mass is 10.1. The number of amides is 2. The van der Waals surface area contributed by atoms with Gasteiger partial charge in [0.05, 0.1) is 25.9 Å². The molecule has 0 fully saturated rings. The van der Waals surface area contributed by atoms with Gasteiger partial charge in [0.1, 0.15) is 11.1 Å². The first kappa shape index (κ1) is 23.7. The van der Waals surface area contributed by atoms with Crippen molar-refractivity contribution in [2.75, 3.05) is 13.1 Å². The van der Waals surface area contributed by atoms with Crippen molar-refractivity contribution in [1.29, 1.82) is 0 Å². The molecule has 3 rings (SSSR count). The van der Waals surface area contributed by atoms with Crippen LogP contribution in [-0.4, -0.2) is 39.3 Å². The minimum Gasteiger partial charge on any atom is -0.467 e. The summed E-state index contributed by atoms with van der Waals surface area (Å²) in [5.74, 6) is 0.291. The van der Waals surface area contributed by atoms with Crippen molar-refractivity contribution in [2.45, 2.75) is 38.2 Å². The molecule has 1 aromatic carbocycles. The molecule has 1 unspecified atom stereocenters. The second-order valence-corrected chi connectivity index (χ2v) is 8.26. The zero-order valence-corrected chi connectivity index (χ0v) is 19.4. The van der Waals surface area contributed by atoms with Gasteiger partial charge in [-0.25, -0.2) is 0 Å². The Morgan fingerprint density at radius 1 is 1.03 bits per heavy atom. The summed E-state index contributed by atoms with van der Waals surface area (Å²) in [5, 5.41) is -0.827. The molecule has 0 radical (unpaired) electrons. The van der Waals surface area contributed by atoms with Gasteiger partial charge in [-0.2, -0.15) is 0 Å². The van der Waals surface area contributed by atoms with E-state index in [9.17, 15) is 9.59 Å². The lowest BCUT2D eigenvalue weighted by molar-refractivity contribution is -0.141. The molecule has 0 aliphatic carbocycles. The zero-order valence-electron chi connectivity index (χ0n) is 18.6. The molecule has 6 nitrogen and oxygen atoms in total. The Balaban J connectivity index is 1.77. The van der Waals surface area contributed by atoms with Crippen LogP contribution in [0.3, 0.4) is 0 Å². The first-order valence-electron chi connectivity index (χ1n) is 10.9. The second-order valence-electron chi connectivity index (χ2n) is 7.83. The number of aromatic nitrogens is 1. The number of halogens is 1. The second kappa shape index (κ2) is 11.6. The van der Waals surface area contributed by atoms with Crippen LogP contribution >= 0.6 is 11.6 Å². The summed E-state index contributed by atoms with van der Waals surface area (Å²) in [6, 6.07) is 16.8. The SMILES string of the molecule is CCCCN(CC(=O)N(Cc1ccco1)Cc1cccn1C)C(=O)C(Cl)c1ccccc1. The Morgan fingerprint density at radius 2 is 1.81 bits per heavy atom. The highest BCUT2D eigenvalue weighted by atomic mass is 35.5. The first-order chi connectivity index (χ1) is 15.5. The standard InChI is InChI=1S/C25H30ClN3O3/c1-3-4-15-28(25(31)24(26)20-10-6-5-7-11-20)19-23(30)29(18-22-13-9-16-32-22)17-21-12-8-14-27(21)2/h5-14,16,24H,3-4,15,17-19H2,1-2H3. The summed E-state index contributed by atoms with van der Waals surface area (Å²) < 4.78 is 7.45. The maximum Gasteiger partial charge on any atom is 0.245 e. The number of nitrogens with zero attached hydrogens (tertiary/aromatic N) is 3. The highest BCUT2D eigenvalue weighted by Crippen LogP contribution is 2.23. The molecule has 0 spiro atoms. The minimum absolute atomic E-state index is 0.0278. The van der Waals surface area contributed by atoms with Crippen molar-refractivity contribution in [3.63, 3.8) is 0 Å². The average molecular weight is 456 g/mol. The number of carbonyl (C=O) groups excluding carboxylic acids is 2. The van der Waals surface area contributed by atoms with Crippen LogP contribution in [-0.2, 0) is 29.7 Å². The number of alkyl halides is 1. The van der Waals surface area contributed by atoms with Crippen LogP contribution in [0.4, 0.5) is 0 Å². The lowest BCUT2D eigenvalue weighted by Gasteiger charge is -2.28. The van der Waals surface area contributed by atoms with E-state index in [2.05, 4.69) is 6.92 Å². The molecular weight excluding hydrogens is 426 g/mol. The molecule has 2 heterocycles. The van der Waals surface area contributed by atoms with Crippen LogP contribution < -0.4 is 0 Å². The Bertz CT molecular complexity index is 985. The number of hydrogen-bond acceptors (Lipinski definition) is 3. The monoisotopic (exact) mass is 455 g/mol. The van der Waals surface area contributed by atoms with Crippen LogP contribution in [0.15, 0.2) is 71.5 Å². The molecule has 1 atom stereocenters. The predicted octanol–water partition coefficient (Wildman–Crippen LogP) is 4.76. The summed E-state index contributed by atoms with van der Waals surface area (Å²) in [6.07, 6.45) is 5.25. The third-order valence-corrected chi connectivity index (χ3v) is 5.85. The van der Waals surface area contributed by atoms with Gasteiger partial charge in [-0.3, -0.25) is 9.59 Å². The fraction of sp³-hybridized carbons (Fsp3) is 0.360. The Kier molecular flexibility index (Phi) is 8.56. The Labute approximate surface area is 194 Å². The smallest absolute Gasteiger partial charge is 0.245 e. The van der Waals surface area contributed by atoms with E-state index < -0.39 is 5.38 Å². The Morgan fingerprint density at radius 3 is 2.44 bits per heavy atom. The van der Waals surface area contributed by atoms with E-state index in [1.54, 1.807) is 22.1 Å². The first-order valence-corrected chi connectivity index (χ1v) is 11.3. The maximum atomic E-state index is 13.4. The van der Waals surface area contributed by atoms with Gasteiger partial charge in [0.25, 0.3) is 0 Å². The quantitative estimate of drug-likeness (QED) is 0.392. The molecule has 0 aliphatic heterocycles. The van der Waals surface area contributed by atoms with Crippen molar-refractivity contribution < 1.29 is 14.0 Å². The number of furan rings is 1. The number of carbonyl (C=O) groups is 2. The molecule has 0 saturated carbocycles. The summed E-state index contributed by atoms with van der Waals surface area (Å²) in [4.78, 5) is 29.9. The molecule has 2 aromatic heterocycles. The molecule has 3 aromatic rings. The zero-order chi connectivity index (χ0) is 22.9. The topological polar surface area (TPSA) is 58.7 Å². The van der Waals surface area contributed by atoms with Gasteiger partial charge >= 0.3 is 0 Å². The molecular formula is C25H30ClN3O3. The van der Waals surface area contributed by atoms with Gasteiger partial charge in [0.15, 0.2) is 0 Å². The highest BCUT2D eigenvalue weighted by Gasteiger charge is 2.27. The molecule has 7 heteroatoms. The largest absolute Gasteiger partial charge is 0.467 e. The summed E-state index contributed by atoms with van der Waals surface area (Å²) in [6.45, 7) is 3.26. The molecule has 0 N–H and O–H groups in total. The number of rotatable bonds is 11. The van der Waals surface area contributed by atoms with Crippen molar-refractivity contribution in [3.8, 4) is 0 Å². The summed E-state index contributed by atoms with van der Waals surface area (Å²) >= 11 is 6.51. The fourth-order valence-corrected chi connectivity index (χ4v) is 3.77. The molecule has 0 saturated heterocycles. The van der Waals surface area contributed by atoms with E-state index in [1.807, 2.05) is 66.3 Å². The van der Waals surface area contributed by atoms with Crippen LogP contribution in [0.2, 0.25) is 0 Å². The summed E-state index contributed by atoms with van der Waals surface area (Å²) in [7, 11) is 1.94. The van der Waals surface area contributed by atoms with Gasteiger partial charge in [-0.1, -0.05) is 43.7 Å². The van der Waals surface area contributed by atoms with Crippen LogP contribution in [0.25, 0.3) is 0 Å². The van der Waals surface area contributed by atoms with Gasteiger partial charge < -0.3 is 18.8 Å². The van der Waals surface area contributed by atoms with E-state index in [0.717, 1.165) is 24.1 Å². The highest BCUT2D eigenvalue weighted by molar-refractivity contribution is 6.30. The number of benzene rings is 1. The van der Waals surface area contributed by atoms with Crippen LogP contribution in [0, 0.1) is 0 Å². The Hall–Kier alpha value is -2.99. The molecule has 170 valence electrons. The number of unbranched alkanes of at least 4 members (excludes halogenated alkanes) is 1. The molecule has 0 aliphatic rings. The average Bonchev–Trinajstić information content (AvgIpc) is 3.47. The van der Waals surface area contributed by atoms with Gasteiger partial charge in [-0.15, -0.1) is 11.6 Å². The normalized spacial score (nSPS) is 11.8. The minimum atomic E-state index is -0.827. The van der Waals surface area contributed by atoms with Crippen molar-refractivity contribution in [2.24, 2.45) is 7.05 Å². The molecule has 2 amide bonds. The fourth-order valence-electron chi connectivity index (χ4n) is 3.48. The number of aryl methyl sites for hydroxylation is 1. The lowest BCUT2D eigenvalue weighted by Crippen LogP contribution is -2.44. The predicted molar refractivity (Wildman–Crippen MR) is 125 cm³/mol. The number of hydrogen-bond donors (Lipinski definition) is 0. The molecule has 0 bridgehead atoms. The summed E-state index contributed by atoms with van der Waals surface area (Å²) in [5.41, 5.74) is 1.72. The third kappa shape index (κ3) is 6.26. The van der Waals surface area contributed by atoms with E-state index in [-0.39, 0.29) is 18.4 Å². The van der Waals surface area contributed by atoms with Crippen molar-refractivity contribution in [1.82, 2.24) is 14.4 Å². The molecule has 32 heavy (non-hydrogen) atoms.